The normalized spacial score (nSPS) is 21.7. The lowest BCUT2D eigenvalue weighted by atomic mass is 9.91. The second-order valence-corrected chi connectivity index (χ2v) is 6.50. The zero-order valence-electron chi connectivity index (χ0n) is 14.1. The highest BCUT2D eigenvalue weighted by Crippen LogP contribution is 2.23. The summed E-state index contributed by atoms with van der Waals surface area (Å²) in [6.45, 7) is 2.57. The molecule has 2 aromatic rings. The molecular weight excluding hydrogens is 290 g/mol. The number of rotatable bonds is 4. The second kappa shape index (κ2) is 6.66. The van der Waals surface area contributed by atoms with Crippen LogP contribution in [0.5, 0.6) is 0 Å². The van der Waals surface area contributed by atoms with Gasteiger partial charge in [0.05, 0.1) is 0 Å². The minimum atomic E-state index is -0.0175. The number of pyridine rings is 1. The highest BCUT2D eigenvalue weighted by atomic mass is 16.1. The molecule has 6 heteroatoms. The van der Waals surface area contributed by atoms with Crippen LogP contribution < -0.4 is 10.9 Å². The fourth-order valence-electron chi connectivity index (χ4n) is 3.37. The van der Waals surface area contributed by atoms with Gasteiger partial charge in [-0.2, -0.15) is 4.98 Å². The molecule has 0 aromatic carbocycles. The van der Waals surface area contributed by atoms with Crippen LogP contribution in [0.4, 0.5) is 5.95 Å². The standard InChI is InChI=1S/C17H25N5O/c1-4-22-15(23)10-5-12-11-18-17(20-16(12)22)19-13-6-8-14(9-7-13)21(2)3/h5,10-11,13-14H,4,6-9H2,1-3H3,(H,18,19,20). The van der Waals surface area contributed by atoms with E-state index >= 15 is 0 Å². The predicted molar refractivity (Wildman–Crippen MR) is 92.8 cm³/mol. The van der Waals surface area contributed by atoms with Crippen molar-refractivity contribution in [3.63, 3.8) is 0 Å². The van der Waals surface area contributed by atoms with E-state index in [4.69, 9.17) is 0 Å². The van der Waals surface area contributed by atoms with Crippen molar-refractivity contribution in [1.82, 2.24) is 19.4 Å². The Kier molecular flexibility index (Phi) is 4.61. The highest BCUT2D eigenvalue weighted by molar-refractivity contribution is 5.75. The van der Waals surface area contributed by atoms with Crippen molar-refractivity contribution in [2.24, 2.45) is 0 Å². The number of hydrogen-bond acceptors (Lipinski definition) is 5. The molecule has 0 unspecified atom stereocenters. The molecule has 1 saturated carbocycles. The Morgan fingerprint density at radius 2 is 2.00 bits per heavy atom. The van der Waals surface area contributed by atoms with Crippen molar-refractivity contribution in [3.05, 3.63) is 28.7 Å². The Morgan fingerprint density at radius 3 is 2.65 bits per heavy atom. The molecule has 0 spiro atoms. The summed E-state index contributed by atoms with van der Waals surface area (Å²) in [4.78, 5) is 23.2. The summed E-state index contributed by atoms with van der Waals surface area (Å²) in [6.07, 6.45) is 6.43. The summed E-state index contributed by atoms with van der Waals surface area (Å²) >= 11 is 0. The van der Waals surface area contributed by atoms with Gasteiger partial charge in [-0.15, -0.1) is 0 Å². The smallest absolute Gasteiger partial charge is 0.252 e. The highest BCUT2D eigenvalue weighted by Gasteiger charge is 2.22. The molecule has 23 heavy (non-hydrogen) atoms. The van der Waals surface area contributed by atoms with Crippen LogP contribution in [0.15, 0.2) is 23.1 Å². The van der Waals surface area contributed by atoms with E-state index in [0.717, 1.165) is 18.2 Å². The third-order valence-corrected chi connectivity index (χ3v) is 4.80. The molecule has 0 atom stereocenters. The Bertz CT molecular complexity index is 731. The van der Waals surface area contributed by atoms with Crippen molar-refractivity contribution < 1.29 is 0 Å². The quantitative estimate of drug-likeness (QED) is 0.936. The van der Waals surface area contributed by atoms with E-state index in [2.05, 4.69) is 34.3 Å². The van der Waals surface area contributed by atoms with E-state index in [-0.39, 0.29) is 5.56 Å². The van der Waals surface area contributed by atoms with Crippen LogP contribution in [0.1, 0.15) is 32.6 Å². The molecule has 6 nitrogen and oxygen atoms in total. The minimum Gasteiger partial charge on any atom is -0.351 e. The monoisotopic (exact) mass is 315 g/mol. The van der Waals surface area contributed by atoms with Gasteiger partial charge < -0.3 is 10.2 Å². The average Bonchev–Trinajstić information content (AvgIpc) is 2.55. The van der Waals surface area contributed by atoms with Crippen molar-refractivity contribution in [1.29, 1.82) is 0 Å². The molecule has 2 heterocycles. The van der Waals surface area contributed by atoms with Crippen molar-refractivity contribution in [3.8, 4) is 0 Å². The molecule has 2 aromatic heterocycles. The molecule has 1 N–H and O–H groups in total. The molecule has 0 radical (unpaired) electrons. The molecule has 0 amide bonds. The summed E-state index contributed by atoms with van der Waals surface area (Å²) in [5.41, 5.74) is 0.690. The fraction of sp³-hybridized carbons (Fsp3) is 0.588. The first-order valence-corrected chi connectivity index (χ1v) is 8.38. The van der Waals surface area contributed by atoms with Gasteiger partial charge in [-0.05, 0) is 52.8 Å². The maximum Gasteiger partial charge on any atom is 0.252 e. The van der Waals surface area contributed by atoms with E-state index < -0.39 is 0 Å². The Morgan fingerprint density at radius 1 is 1.26 bits per heavy atom. The first-order chi connectivity index (χ1) is 11.1. The van der Waals surface area contributed by atoms with Gasteiger partial charge in [0.1, 0.15) is 5.65 Å². The lowest BCUT2D eigenvalue weighted by molar-refractivity contribution is 0.221. The third-order valence-electron chi connectivity index (χ3n) is 4.80. The third kappa shape index (κ3) is 3.37. The van der Waals surface area contributed by atoms with Gasteiger partial charge in [0, 0.05) is 36.3 Å². The fourth-order valence-corrected chi connectivity index (χ4v) is 3.37. The Labute approximate surface area is 136 Å². The number of hydrogen-bond donors (Lipinski definition) is 1. The van der Waals surface area contributed by atoms with Crippen LogP contribution in [-0.2, 0) is 6.54 Å². The zero-order valence-corrected chi connectivity index (χ0v) is 14.1. The molecule has 0 saturated heterocycles. The number of anilines is 1. The van der Waals surface area contributed by atoms with Gasteiger partial charge in [-0.3, -0.25) is 9.36 Å². The molecule has 124 valence electrons. The summed E-state index contributed by atoms with van der Waals surface area (Å²) in [5, 5.41) is 4.34. The van der Waals surface area contributed by atoms with Gasteiger partial charge in [0.15, 0.2) is 0 Å². The zero-order chi connectivity index (χ0) is 16.4. The molecule has 1 aliphatic rings. The average molecular weight is 315 g/mol. The second-order valence-electron chi connectivity index (χ2n) is 6.50. The number of aromatic nitrogens is 3. The first-order valence-electron chi connectivity index (χ1n) is 8.38. The van der Waals surface area contributed by atoms with Crippen LogP contribution in [0.25, 0.3) is 11.0 Å². The van der Waals surface area contributed by atoms with Crippen molar-refractivity contribution in [2.45, 2.75) is 51.2 Å². The Hall–Kier alpha value is -1.95. The number of fused-ring (bicyclic) bond motifs is 1. The molecule has 1 aliphatic carbocycles. The van der Waals surface area contributed by atoms with Crippen LogP contribution in [-0.4, -0.2) is 45.6 Å². The predicted octanol–water partition coefficient (Wildman–Crippen LogP) is 2.10. The van der Waals surface area contributed by atoms with E-state index in [1.807, 2.05) is 6.92 Å². The topological polar surface area (TPSA) is 63.1 Å². The van der Waals surface area contributed by atoms with Crippen LogP contribution in [0.2, 0.25) is 0 Å². The van der Waals surface area contributed by atoms with Crippen LogP contribution in [0, 0.1) is 0 Å². The summed E-state index contributed by atoms with van der Waals surface area (Å²) in [6, 6.07) is 4.45. The van der Waals surface area contributed by atoms with Crippen LogP contribution in [0.3, 0.4) is 0 Å². The van der Waals surface area contributed by atoms with E-state index in [1.54, 1.807) is 22.9 Å². The maximum atomic E-state index is 11.9. The minimum absolute atomic E-state index is 0.0175. The summed E-state index contributed by atoms with van der Waals surface area (Å²) in [5.74, 6) is 0.624. The van der Waals surface area contributed by atoms with Gasteiger partial charge in [-0.1, -0.05) is 0 Å². The van der Waals surface area contributed by atoms with E-state index in [0.29, 0.717) is 30.2 Å². The van der Waals surface area contributed by atoms with E-state index in [1.165, 1.54) is 12.8 Å². The number of nitrogens with zero attached hydrogens (tertiary/aromatic N) is 4. The van der Waals surface area contributed by atoms with Gasteiger partial charge >= 0.3 is 0 Å². The van der Waals surface area contributed by atoms with Gasteiger partial charge in [-0.25, -0.2) is 4.98 Å². The first kappa shape index (κ1) is 15.9. The molecule has 0 aliphatic heterocycles. The number of aryl methyl sites for hydroxylation is 1. The Balaban J connectivity index is 1.78. The van der Waals surface area contributed by atoms with Crippen LogP contribution >= 0.6 is 0 Å². The number of nitrogens with one attached hydrogen (secondary N) is 1. The van der Waals surface area contributed by atoms with Crippen molar-refractivity contribution >= 4 is 17.0 Å². The van der Waals surface area contributed by atoms with Crippen molar-refractivity contribution in [2.75, 3.05) is 19.4 Å². The molecule has 1 fully saturated rings. The summed E-state index contributed by atoms with van der Waals surface area (Å²) in [7, 11) is 4.30. The van der Waals surface area contributed by atoms with Gasteiger partial charge in [0.25, 0.3) is 5.56 Å². The lowest BCUT2D eigenvalue weighted by Gasteiger charge is -2.32. The lowest BCUT2D eigenvalue weighted by Crippen LogP contribution is -2.36. The summed E-state index contributed by atoms with van der Waals surface area (Å²) < 4.78 is 1.69. The van der Waals surface area contributed by atoms with E-state index in [9.17, 15) is 4.79 Å². The maximum absolute atomic E-state index is 11.9. The largest absolute Gasteiger partial charge is 0.351 e. The SMILES string of the molecule is CCn1c(=O)ccc2cnc(NC3CCC(N(C)C)CC3)nc21. The molecule has 0 bridgehead atoms. The molecule has 3 rings (SSSR count). The molecular formula is C17H25N5O. The van der Waals surface area contributed by atoms with Gasteiger partial charge in [0.2, 0.25) is 5.95 Å².